The first-order valence-corrected chi connectivity index (χ1v) is 6.55. The van der Waals surface area contributed by atoms with E-state index in [1.807, 2.05) is 12.1 Å². The summed E-state index contributed by atoms with van der Waals surface area (Å²) < 4.78 is 13.5. The lowest BCUT2D eigenvalue weighted by atomic mass is 9.88. The van der Waals surface area contributed by atoms with E-state index in [2.05, 4.69) is 13.8 Å². The molecule has 1 aromatic carbocycles. The Kier molecular flexibility index (Phi) is 3.27. The van der Waals surface area contributed by atoms with Crippen LogP contribution in [0.2, 0.25) is 0 Å². The monoisotopic (exact) mass is 239 g/mol. The van der Waals surface area contributed by atoms with E-state index in [1.54, 1.807) is 17.8 Å². The molecule has 2 N–H and O–H groups in total. The van der Waals surface area contributed by atoms with E-state index in [0.717, 1.165) is 17.7 Å². The van der Waals surface area contributed by atoms with Gasteiger partial charge in [-0.3, -0.25) is 0 Å². The Morgan fingerprint density at radius 2 is 2.06 bits per heavy atom. The van der Waals surface area contributed by atoms with Gasteiger partial charge in [0.2, 0.25) is 0 Å². The average molecular weight is 239 g/mol. The first-order valence-electron chi connectivity index (χ1n) is 5.67. The summed E-state index contributed by atoms with van der Waals surface area (Å²) in [5, 5.41) is 0.340. The topological polar surface area (TPSA) is 26.0 Å². The molecule has 1 aliphatic rings. The summed E-state index contributed by atoms with van der Waals surface area (Å²) >= 11 is 1.59. The fraction of sp³-hybridized carbons (Fsp3) is 0.538. The van der Waals surface area contributed by atoms with Crippen molar-refractivity contribution >= 4 is 11.8 Å². The van der Waals surface area contributed by atoms with Crippen molar-refractivity contribution in [3.05, 3.63) is 30.1 Å². The summed E-state index contributed by atoms with van der Waals surface area (Å²) in [6.45, 7) is 4.39. The summed E-state index contributed by atoms with van der Waals surface area (Å²) in [4.78, 5) is 0.723. The van der Waals surface area contributed by atoms with Crippen LogP contribution in [-0.2, 0) is 0 Å². The van der Waals surface area contributed by atoms with E-state index in [0.29, 0.717) is 5.25 Å². The largest absolute Gasteiger partial charge is 0.326 e. The lowest BCUT2D eigenvalue weighted by molar-refractivity contribution is 0.334. The molecular formula is C13H18FNS. The normalized spacial score (nSPS) is 28.2. The fourth-order valence-corrected chi connectivity index (χ4v) is 3.61. The third-order valence-electron chi connectivity index (χ3n) is 3.49. The zero-order valence-electron chi connectivity index (χ0n) is 9.74. The van der Waals surface area contributed by atoms with Gasteiger partial charge in [-0.25, -0.2) is 4.39 Å². The summed E-state index contributed by atoms with van der Waals surface area (Å²) in [5.74, 6) is -0.135. The summed E-state index contributed by atoms with van der Waals surface area (Å²) in [7, 11) is 0. The molecule has 88 valence electrons. The highest BCUT2D eigenvalue weighted by atomic mass is 32.2. The molecule has 0 radical (unpaired) electrons. The highest BCUT2D eigenvalue weighted by Gasteiger charge is 2.39. The van der Waals surface area contributed by atoms with E-state index >= 15 is 0 Å². The second-order valence-electron chi connectivity index (χ2n) is 5.14. The SMILES string of the molecule is CC1(C)CCC(Sc2ccccc2F)C1N. The molecule has 2 unspecified atom stereocenters. The molecule has 3 heteroatoms. The second-order valence-corrected chi connectivity index (χ2v) is 6.42. The number of hydrogen-bond acceptors (Lipinski definition) is 2. The molecule has 0 aromatic heterocycles. The summed E-state index contributed by atoms with van der Waals surface area (Å²) in [5.41, 5.74) is 6.39. The van der Waals surface area contributed by atoms with Crippen LogP contribution in [0, 0.1) is 11.2 Å². The molecular weight excluding hydrogens is 221 g/mol. The van der Waals surface area contributed by atoms with Gasteiger partial charge in [-0.1, -0.05) is 26.0 Å². The Balaban J connectivity index is 2.10. The van der Waals surface area contributed by atoms with Gasteiger partial charge in [0.1, 0.15) is 5.82 Å². The number of benzene rings is 1. The van der Waals surface area contributed by atoms with E-state index in [4.69, 9.17) is 5.73 Å². The molecule has 0 spiro atoms. The van der Waals surface area contributed by atoms with Crippen molar-refractivity contribution in [1.29, 1.82) is 0 Å². The van der Waals surface area contributed by atoms with Crippen LogP contribution < -0.4 is 5.73 Å². The Morgan fingerprint density at radius 3 is 2.62 bits per heavy atom. The van der Waals surface area contributed by atoms with Crippen LogP contribution in [0.4, 0.5) is 4.39 Å². The van der Waals surface area contributed by atoms with Gasteiger partial charge in [-0.15, -0.1) is 11.8 Å². The van der Waals surface area contributed by atoms with Gasteiger partial charge in [0.25, 0.3) is 0 Å². The third-order valence-corrected chi connectivity index (χ3v) is 4.91. The molecule has 0 aliphatic heterocycles. The number of thioether (sulfide) groups is 1. The molecule has 2 atom stereocenters. The highest BCUT2D eigenvalue weighted by Crippen LogP contribution is 2.44. The van der Waals surface area contributed by atoms with Gasteiger partial charge >= 0.3 is 0 Å². The van der Waals surface area contributed by atoms with Gasteiger partial charge in [-0.05, 0) is 30.4 Å². The molecule has 0 heterocycles. The number of halogens is 1. The zero-order valence-corrected chi connectivity index (χ0v) is 10.6. The molecule has 1 saturated carbocycles. The Hall–Kier alpha value is -0.540. The lowest BCUT2D eigenvalue weighted by Gasteiger charge is -2.26. The minimum atomic E-state index is -0.135. The van der Waals surface area contributed by atoms with Crippen LogP contribution >= 0.6 is 11.8 Å². The predicted octanol–water partition coefficient (Wildman–Crippen LogP) is 3.43. The van der Waals surface area contributed by atoms with Crippen LogP contribution in [0.3, 0.4) is 0 Å². The molecule has 0 amide bonds. The molecule has 0 bridgehead atoms. The molecule has 1 aliphatic carbocycles. The summed E-state index contributed by atoms with van der Waals surface area (Å²) in [6.07, 6.45) is 2.20. The maximum absolute atomic E-state index is 13.5. The van der Waals surface area contributed by atoms with Crippen LogP contribution in [0.5, 0.6) is 0 Å². The van der Waals surface area contributed by atoms with Crippen molar-refractivity contribution in [3.8, 4) is 0 Å². The summed E-state index contributed by atoms with van der Waals surface area (Å²) in [6, 6.07) is 7.08. The van der Waals surface area contributed by atoms with Crippen molar-refractivity contribution in [1.82, 2.24) is 0 Å². The van der Waals surface area contributed by atoms with Crippen molar-refractivity contribution in [2.45, 2.75) is 42.9 Å². The van der Waals surface area contributed by atoms with E-state index in [-0.39, 0.29) is 17.3 Å². The first-order chi connectivity index (χ1) is 7.50. The first kappa shape index (κ1) is 11.9. The Morgan fingerprint density at radius 1 is 1.38 bits per heavy atom. The van der Waals surface area contributed by atoms with Crippen molar-refractivity contribution < 1.29 is 4.39 Å². The maximum Gasteiger partial charge on any atom is 0.136 e. The standard InChI is InChI=1S/C13H18FNS/c1-13(2)8-7-11(12(13)15)16-10-6-4-3-5-9(10)14/h3-6,11-12H,7-8,15H2,1-2H3. The Bertz CT molecular complexity index is 378. The molecule has 2 rings (SSSR count). The van der Waals surface area contributed by atoms with E-state index in [9.17, 15) is 4.39 Å². The average Bonchev–Trinajstić information content (AvgIpc) is 2.49. The van der Waals surface area contributed by atoms with Crippen LogP contribution in [0.25, 0.3) is 0 Å². The van der Waals surface area contributed by atoms with Crippen LogP contribution in [0.1, 0.15) is 26.7 Å². The number of rotatable bonds is 2. The Labute approximate surface area is 101 Å². The smallest absolute Gasteiger partial charge is 0.136 e. The van der Waals surface area contributed by atoms with Gasteiger partial charge in [0.05, 0.1) is 0 Å². The van der Waals surface area contributed by atoms with Gasteiger partial charge in [0.15, 0.2) is 0 Å². The predicted molar refractivity (Wildman–Crippen MR) is 67.0 cm³/mol. The molecule has 1 nitrogen and oxygen atoms in total. The van der Waals surface area contributed by atoms with Crippen LogP contribution in [0.15, 0.2) is 29.2 Å². The van der Waals surface area contributed by atoms with Crippen molar-refractivity contribution in [3.63, 3.8) is 0 Å². The molecule has 1 fully saturated rings. The molecule has 16 heavy (non-hydrogen) atoms. The van der Waals surface area contributed by atoms with Crippen molar-refractivity contribution in [2.24, 2.45) is 11.1 Å². The second kappa shape index (κ2) is 4.38. The fourth-order valence-electron chi connectivity index (χ4n) is 2.20. The number of nitrogens with two attached hydrogens (primary N) is 1. The lowest BCUT2D eigenvalue weighted by Crippen LogP contribution is -2.38. The molecule has 0 saturated heterocycles. The van der Waals surface area contributed by atoms with E-state index < -0.39 is 0 Å². The minimum Gasteiger partial charge on any atom is -0.326 e. The van der Waals surface area contributed by atoms with E-state index in [1.165, 1.54) is 6.07 Å². The van der Waals surface area contributed by atoms with Gasteiger partial charge in [0, 0.05) is 16.2 Å². The van der Waals surface area contributed by atoms with Gasteiger partial charge in [-0.2, -0.15) is 0 Å². The minimum absolute atomic E-state index is 0.135. The van der Waals surface area contributed by atoms with Crippen molar-refractivity contribution in [2.75, 3.05) is 0 Å². The maximum atomic E-state index is 13.5. The zero-order chi connectivity index (χ0) is 11.8. The highest BCUT2D eigenvalue weighted by molar-refractivity contribution is 8.00. The third kappa shape index (κ3) is 2.25. The van der Waals surface area contributed by atoms with Gasteiger partial charge < -0.3 is 5.73 Å². The van der Waals surface area contributed by atoms with Crippen LogP contribution in [-0.4, -0.2) is 11.3 Å². The quantitative estimate of drug-likeness (QED) is 0.855. The number of hydrogen-bond donors (Lipinski definition) is 1. The molecule has 1 aromatic rings.